The summed E-state index contributed by atoms with van der Waals surface area (Å²) in [6, 6.07) is 27.8. The van der Waals surface area contributed by atoms with Gasteiger partial charge < -0.3 is 4.74 Å². The second-order valence-corrected chi connectivity index (χ2v) is 9.65. The Balaban J connectivity index is 1.31. The Bertz CT molecular complexity index is 1530. The van der Waals surface area contributed by atoms with Gasteiger partial charge in [-0.25, -0.2) is 18.6 Å². The van der Waals surface area contributed by atoms with Crippen molar-refractivity contribution in [3.63, 3.8) is 0 Å². The molecule has 0 aliphatic carbocycles. The Hall–Kier alpha value is -4.76. The SMILES string of the molecule is Cc1ccccc1C(=O)Oc1ccc(/C=N\NC(=O)c2ccc(NS(=O)(=O)c3ccccc3)cc2)cc1. The summed E-state index contributed by atoms with van der Waals surface area (Å²) in [6.07, 6.45) is 1.45. The highest BCUT2D eigenvalue weighted by molar-refractivity contribution is 7.92. The highest BCUT2D eigenvalue weighted by Crippen LogP contribution is 2.17. The maximum Gasteiger partial charge on any atom is 0.343 e. The molecule has 4 rings (SSSR count). The van der Waals surface area contributed by atoms with E-state index in [9.17, 15) is 18.0 Å². The lowest BCUT2D eigenvalue weighted by Crippen LogP contribution is -2.18. The van der Waals surface area contributed by atoms with E-state index in [-0.39, 0.29) is 4.90 Å². The topological polar surface area (TPSA) is 114 Å². The molecule has 8 nitrogen and oxygen atoms in total. The summed E-state index contributed by atoms with van der Waals surface area (Å²) < 4.78 is 32.7. The highest BCUT2D eigenvalue weighted by atomic mass is 32.2. The van der Waals surface area contributed by atoms with Gasteiger partial charge in [0.05, 0.1) is 16.7 Å². The Kier molecular flexibility index (Phi) is 7.75. The first-order valence-corrected chi connectivity index (χ1v) is 12.7. The van der Waals surface area contributed by atoms with Crippen molar-refractivity contribution in [3.05, 3.63) is 125 Å². The van der Waals surface area contributed by atoms with Crippen molar-refractivity contribution in [2.45, 2.75) is 11.8 Å². The minimum atomic E-state index is -3.72. The Morgan fingerprint density at radius 1 is 0.811 bits per heavy atom. The van der Waals surface area contributed by atoms with Gasteiger partial charge in [0.1, 0.15) is 5.75 Å². The van der Waals surface area contributed by atoms with Gasteiger partial charge in [0, 0.05) is 11.3 Å². The maximum atomic E-state index is 12.4. The van der Waals surface area contributed by atoms with Crippen molar-refractivity contribution >= 4 is 33.8 Å². The number of hydrogen-bond acceptors (Lipinski definition) is 6. The third-order valence-electron chi connectivity index (χ3n) is 5.29. The number of rotatable bonds is 8. The molecule has 37 heavy (non-hydrogen) atoms. The Morgan fingerprint density at radius 2 is 1.46 bits per heavy atom. The van der Waals surface area contributed by atoms with Crippen LogP contribution in [-0.4, -0.2) is 26.5 Å². The molecule has 0 radical (unpaired) electrons. The normalized spacial score (nSPS) is 11.2. The first kappa shape index (κ1) is 25.3. The number of hydrazone groups is 1. The van der Waals surface area contributed by atoms with Crippen LogP contribution in [0.1, 0.15) is 31.8 Å². The fourth-order valence-corrected chi connectivity index (χ4v) is 4.40. The average Bonchev–Trinajstić information content (AvgIpc) is 2.90. The second kappa shape index (κ2) is 11.3. The van der Waals surface area contributed by atoms with Gasteiger partial charge in [-0.1, -0.05) is 36.4 Å². The standard InChI is InChI=1S/C28H23N3O5S/c1-20-7-5-6-10-26(20)28(33)36-24-17-11-21(12-18-24)19-29-30-27(32)22-13-15-23(16-14-22)31-37(34,35)25-8-3-2-4-9-25/h2-19,31H,1H3,(H,30,32)/b29-19-. The van der Waals surface area contributed by atoms with Crippen molar-refractivity contribution in [3.8, 4) is 5.75 Å². The van der Waals surface area contributed by atoms with Gasteiger partial charge in [-0.05, 0) is 84.8 Å². The monoisotopic (exact) mass is 513 g/mol. The molecule has 0 aliphatic heterocycles. The maximum absolute atomic E-state index is 12.4. The van der Waals surface area contributed by atoms with E-state index in [4.69, 9.17) is 4.74 Å². The van der Waals surface area contributed by atoms with Crippen LogP contribution >= 0.6 is 0 Å². The summed E-state index contributed by atoms with van der Waals surface area (Å²) in [5.74, 6) is -0.513. The summed E-state index contributed by atoms with van der Waals surface area (Å²) in [4.78, 5) is 24.8. The molecule has 0 saturated heterocycles. The van der Waals surface area contributed by atoms with E-state index in [1.54, 1.807) is 54.6 Å². The first-order chi connectivity index (χ1) is 17.8. The predicted octanol–water partition coefficient (Wildman–Crippen LogP) is 4.78. The van der Waals surface area contributed by atoms with E-state index >= 15 is 0 Å². The van der Waals surface area contributed by atoms with E-state index in [2.05, 4.69) is 15.2 Å². The summed E-state index contributed by atoms with van der Waals surface area (Å²) >= 11 is 0. The molecule has 4 aromatic carbocycles. The molecule has 0 aromatic heterocycles. The fourth-order valence-electron chi connectivity index (χ4n) is 3.32. The Labute approximate surface area is 214 Å². The van der Waals surface area contributed by atoms with E-state index in [0.29, 0.717) is 28.1 Å². The quantitative estimate of drug-likeness (QED) is 0.152. The van der Waals surface area contributed by atoms with Crippen LogP contribution in [0.15, 0.2) is 113 Å². The van der Waals surface area contributed by atoms with E-state index in [1.165, 1.54) is 42.6 Å². The molecule has 2 N–H and O–H groups in total. The molecule has 0 bridgehead atoms. The van der Waals surface area contributed by atoms with E-state index < -0.39 is 21.9 Å². The number of carbonyl (C=O) groups is 2. The summed E-state index contributed by atoms with van der Waals surface area (Å²) in [5, 5.41) is 3.95. The number of ether oxygens (including phenoxy) is 1. The van der Waals surface area contributed by atoms with Gasteiger partial charge in [-0.3, -0.25) is 9.52 Å². The molecule has 4 aromatic rings. The molecule has 1 amide bonds. The lowest BCUT2D eigenvalue weighted by atomic mass is 10.1. The lowest BCUT2D eigenvalue weighted by molar-refractivity contribution is 0.0733. The molecule has 186 valence electrons. The summed E-state index contributed by atoms with van der Waals surface area (Å²) in [7, 11) is -3.72. The van der Waals surface area contributed by atoms with Crippen molar-refractivity contribution in [1.82, 2.24) is 5.43 Å². The van der Waals surface area contributed by atoms with Crippen molar-refractivity contribution in [2.75, 3.05) is 4.72 Å². The van der Waals surface area contributed by atoms with Crippen LogP contribution in [0.5, 0.6) is 5.75 Å². The zero-order chi connectivity index (χ0) is 26.3. The number of nitrogens with one attached hydrogen (secondary N) is 2. The fraction of sp³-hybridized carbons (Fsp3) is 0.0357. The van der Waals surface area contributed by atoms with Gasteiger partial charge in [0.25, 0.3) is 15.9 Å². The number of aryl methyl sites for hydroxylation is 1. The van der Waals surface area contributed by atoms with Crippen LogP contribution in [0, 0.1) is 6.92 Å². The van der Waals surface area contributed by atoms with Gasteiger partial charge in [0.2, 0.25) is 0 Å². The van der Waals surface area contributed by atoms with Gasteiger partial charge in [-0.2, -0.15) is 5.10 Å². The number of esters is 1. The number of benzene rings is 4. The summed E-state index contributed by atoms with van der Waals surface area (Å²) in [5.41, 5.74) is 5.06. The third-order valence-corrected chi connectivity index (χ3v) is 6.69. The van der Waals surface area contributed by atoms with Gasteiger partial charge in [0.15, 0.2) is 0 Å². The molecule has 0 fully saturated rings. The number of sulfonamides is 1. The number of amides is 1. The van der Waals surface area contributed by atoms with Crippen molar-refractivity contribution in [1.29, 1.82) is 0 Å². The smallest absolute Gasteiger partial charge is 0.343 e. The molecular weight excluding hydrogens is 490 g/mol. The third kappa shape index (κ3) is 6.68. The van der Waals surface area contributed by atoms with Crippen LogP contribution in [-0.2, 0) is 10.0 Å². The van der Waals surface area contributed by atoms with Crippen molar-refractivity contribution in [2.24, 2.45) is 5.10 Å². The molecule has 0 heterocycles. The first-order valence-electron chi connectivity index (χ1n) is 11.2. The molecule has 0 spiro atoms. The largest absolute Gasteiger partial charge is 0.423 e. The van der Waals surface area contributed by atoms with Crippen LogP contribution in [0.4, 0.5) is 5.69 Å². The van der Waals surface area contributed by atoms with Crippen LogP contribution in [0.25, 0.3) is 0 Å². The number of carbonyl (C=O) groups excluding carboxylic acids is 2. The summed E-state index contributed by atoms with van der Waals surface area (Å²) in [6.45, 7) is 1.84. The van der Waals surface area contributed by atoms with Crippen LogP contribution in [0.3, 0.4) is 0 Å². The van der Waals surface area contributed by atoms with Crippen molar-refractivity contribution < 1.29 is 22.7 Å². The number of nitrogens with zero attached hydrogens (tertiary/aromatic N) is 1. The molecule has 0 saturated carbocycles. The van der Waals surface area contributed by atoms with E-state index in [1.807, 2.05) is 19.1 Å². The lowest BCUT2D eigenvalue weighted by Gasteiger charge is -2.08. The van der Waals surface area contributed by atoms with E-state index in [0.717, 1.165) is 5.56 Å². The molecule has 0 aliphatic rings. The highest BCUT2D eigenvalue weighted by Gasteiger charge is 2.14. The number of hydrogen-bond donors (Lipinski definition) is 2. The van der Waals surface area contributed by atoms with Crippen LogP contribution < -0.4 is 14.9 Å². The minimum absolute atomic E-state index is 0.142. The van der Waals surface area contributed by atoms with Gasteiger partial charge in [-0.15, -0.1) is 0 Å². The minimum Gasteiger partial charge on any atom is -0.423 e. The molecule has 0 unspecified atom stereocenters. The Morgan fingerprint density at radius 3 is 2.14 bits per heavy atom. The molecular formula is C28H23N3O5S. The predicted molar refractivity (Wildman–Crippen MR) is 141 cm³/mol. The zero-order valence-electron chi connectivity index (χ0n) is 19.8. The average molecular weight is 514 g/mol. The zero-order valence-corrected chi connectivity index (χ0v) is 20.6. The molecule has 0 atom stereocenters. The molecule has 9 heteroatoms. The number of anilines is 1. The van der Waals surface area contributed by atoms with Gasteiger partial charge >= 0.3 is 5.97 Å². The van der Waals surface area contributed by atoms with Crippen LogP contribution in [0.2, 0.25) is 0 Å². The second-order valence-electron chi connectivity index (χ2n) is 7.97.